The lowest BCUT2D eigenvalue weighted by atomic mass is 10.1. The number of hydrogen-bond acceptors (Lipinski definition) is 6. The topological polar surface area (TPSA) is 78.9 Å². The zero-order chi connectivity index (χ0) is 55.0. The van der Waals surface area contributed by atoms with Gasteiger partial charge in [0.05, 0.1) is 0 Å². The Morgan fingerprint density at radius 2 is 0.526 bits per heavy atom. The van der Waals surface area contributed by atoms with Crippen LogP contribution in [0.15, 0.2) is 122 Å². The first-order valence-electron chi connectivity index (χ1n) is 31.5. The van der Waals surface area contributed by atoms with E-state index in [-0.39, 0.29) is 31.1 Å². The molecule has 0 saturated carbocycles. The molecule has 76 heavy (non-hydrogen) atoms. The van der Waals surface area contributed by atoms with Crippen LogP contribution in [0.5, 0.6) is 0 Å². The fraction of sp³-hybridized carbons (Fsp3) is 0.671. The van der Waals surface area contributed by atoms with E-state index in [1.165, 1.54) is 96.3 Å². The third kappa shape index (κ3) is 60.7. The molecule has 0 saturated heterocycles. The van der Waals surface area contributed by atoms with Gasteiger partial charge in [0.1, 0.15) is 13.2 Å². The number of rotatable bonds is 56. The molecule has 0 spiro atoms. The molecule has 432 valence electrons. The molecule has 6 nitrogen and oxygen atoms in total. The second-order valence-electron chi connectivity index (χ2n) is 20.6. The van der Waals surface area contributed by atoms with E-state index in [4.69, 9.17) is 14.2 Å². The van der Waals surface area contributed by atoms with Crippen LogP contribution in [0.25, 0.3) is 0 Å². The number of hydrogen-bond donors (Lipinski definition) is 0. The Morgan fingerprint density at radius 1 is 0.276 bits per heavy atom. The highest BCUT2D eigenvalue weighted by Crippen LogP contribution is 2.15. The first-order valence-corrected chi connectivity index (χ1v) is 31.5. The van der Waals surface area contributed by atoms with Gasteiger partial charge < -0.3 is 14.2 Å². The highest BCUT2D eigenvalue weighted by Gasteiger charge is 2.19. The summed E-state index contributed by atoms with van der Waals surface area (Å²) < 4.78 is 16.9. The SMILES string of the molecule is CC/C=C\C/C=C\C/C=C\C/C=C\C/C=C\CCCCCCCCCCCC(=O)OCC(COC(=O)CCCCCCC/C=C\C/C=C\CCCC)OC(=O)CCCCCCCC/C=C\C/C=C\C/C=C\CCCCC. The van der Waals surface area contributed by atoms with Crippen LogP contribution >= 0.6 is 0 Å². The van der Waals surface area contributed by atoms with Gasteiger partial charge in [-0.25, -0.2) is 0 Å². The van der Waals surface area contributed by atoms with Crippen molar-refractivity contribution in [3.8, 4) is 0 Å². The number of esters is 3. The van der Waals surface area contributed by atoms with E-state index in [0.29, 0.717) is 19.3 Å². The number of allylic oxidation sites excluding steroid dienone is 20. The molecule has 0 aliphatic heterocycles. The predicted molar refractivity (Wildman–Crippen MR) is 330 cm³/mol. The predicted octanol–water partition coefficient (Wildman–Crippen LogP) is 21.6. The third-order valence-electron chi connectivity index (χ3n) is 13.2. The number of ether oxygens (including phenoxy) is 3. The molecule has 0 N–H and O–H groups in total. The first-order chi connectivity index (χ1) is 37.5. The van der Waals surface area contributed by atoms with Crippen LogP contribution < -0.4 is 0 Å². The van der Waals surface area contributed by atoms with Crippen molar-refractivity contribution in [1.29, 1.82) is 0 Å². The van der Waals surface area contributed by atoms with Gasteiger partial charge in [-0.3, -0.25) is 14.4 Å². The molecule has 0 radical (unpaired) electrons. The summed E-state index contributed by atoms with van der Waals surface area (Å²) >= 11 is 0. The van der Waals surface area contributed by atoms with Gasteiger partial charge in [0.15, 0.2) is 6.10 Å². The molecule has 6 heteroatoms. The van der Waals surface area contributed by atoms with Crippen LogP contribution in [0, 0.1) is 0 Å². The van der Waals surface area contributed by atoms with E-state index < -0.39 is 6.10 Å². The van der Waals surface area contributed by atoms with Crippen LogP contribution in [0.2, 0.25) is 0 Å². The Balaban J connectivity index is 4.40. The molecule has 1 atom stereocenters. The van der Waals surface area contributed by atoms with Crippen molar-refractivity contribution < 1.29 is 28.6 Å². The zero-order valence-electron chi connectivity index (χ0n) is 49.5. The summed E-state index contributed by atoms with van der Waals surface area (Å²) in [6, 6.07) is 0. The molecule has 0 bridgehead atoms. The molecule has 0 aliphatic carbocycles. The van der Waals surface area contributed by atoms with E-state index >= 15 is 0 Å². The molecular formula is C70H116O6. The summed E-state index contributed by atoms with van der Waals surface area (Å²) in [6.45, 7) is 6.44. The number of unbranched alkanes of at least 4 members (excludes halogenated alkanes) is 25. The highest BCUT2D eigenvalue weighted by atomic mass is 16.6. The van der Waals surface area contributed by atoms with Gasteiger partial charge in [-0.15, -0.1) is 0 Å². The maximum Gasteiger partial charge on any atom is 0.306 e. The van der Waals surface area contributed by atoms with E-state index in [1.54, 1.807) is 0 Å². The van der Waals surface area contributed by atoms with Gasteiger partial charge in [-0.05, 0) is 128 Å². The van der Waals surface area contributed by atoms with Crippen molar-refractivity contribution in [1.82, 2.24) is 0 Å². The van der Waals surface area contributed by atoms with Gasteiger partial charge in [0.25, 0.3) is 0 Å². The molecule has 0 aliphatic rings. The first kappa shape index (κ1) is 71.8. The summed E-state index contributed by atoms with van der Waals surface area (Å²) in [4.78, 5) is 38.3. The monoisotopic (exact) mass is 1050 g/mol. The molecule has 0 aromatic carbocycles. The van der Waals surface area contributed by atoms with Crippen LogP contribution in [0.4, 0.5) is 0 Å². The standard InChI is InChI=1S/C70H116O6/c1-4-7-10-13-16-19-22-25-28-30-32-33-34-35-36-37-39-40-42-45-48-51-54-57-60-63-69(72)75-66-67(65-74-68(71)62-59-56-53-50-47-44-27-24-21-18-15-12-9-6-3)76-70(73)64-61-58-55-52-49-46-43-41-38-31-29-26-23-20-17-14-11-8-5-2/h7,10,15-20,24-29,32-33,35-36,38,41,67H,4-6,8-9,11-14,21-23,30-31,34,37,39-40,42-66H2,1-3H3/b10-7-,18-15-,19-16-,20-17-,27-24-,28-25-,29-26-,33-32-,36-35-,41-38-. The van der Waals surface area contributed by atoms with Gasteiger partial charge in [-0.1, -0.05) is 258 Å². The maximum absolute atomic E-state index is 12.9. The molecule has 0 aromatic rings. The van der Waals surface area contributed by atoms with Crippen LogP contribution in [0.3, 0.4) is 0 Å². The minimum atomic E-state index is -0.798. The Morgan fingerprint density at radius 3 is 0.842 bits per heavy atom. The second-order valence-corrected chi connectivity index (χ2v) is 20.6. The van der Waals surface area contributed by atoms with Crippen molar-refractivity contribution in [3.05, 3.63) is 122 Å². The smallest absolute Gasteiger partial charge is 0.306 e. The molecule has 0 fully saturated rings. The Bertz CT molecular complexity index is 1590. The van der Waals surface area contributed by atoms with Crippen molar-refractivity contribution in [3.63, 3.8) is 0 Å². The van der Waals surface area contributed by atoms with E-state index in [2.05, 4.69) is 142 Å². The Labute approximate surface area is 469 Å². The third-order valence-corrected chi connectivity index (χ3v) is 13.2. The summed E-state index contributed by atoms with van der Waals surface area (Å²) in [5.41, 5.74) is 0. The normalized spacial score (nSPS) is 12.9. The zero-order valence-corrected chi connectivity index (χ0v) is 49.5. The van der Waals surface area contributed by atoms with Crippen molar-refractivity contribution in [2.75, 3.05) is 13.2 Å². The summed E-state index contributed by atoms with van der Waals surface area (Å²) in [6.07, 6.45) is 87.6. The highest BCUT2D eigenvalue weighted by molar-refractivity contribution is 5.71. The largest absolute Gasteiger partial charge is 0.462 e. The van der Waals surface area contributed by atoms with Crippen LogP contribution in [-0.4, -0.2) is 37.2 Å². The molecule has 0 rings (SSSR count). The minimum Gasteiger partial charge on any atom is -0.462 e. The Hall–Kier alpha value is -4.19. The quantitative estimate of drug-likeness (QED) is 0.0261. The van der Waals surface area contributed by atoms with Gasteiger partial charge >= 0.3 is 17.9 Å². The molecule has 0 heterocycles. The molecule has 0 amide bonds. The van der Waals surface area contributed by atoms with Crippen molar-refractivity contribution >= 4 is 17.9 Å². The molecule has 0 aromatic heterocycles. The summed E-state index contributed by atoms with van der Waals surface area (Å²) in [7, 11) is 0. The van der Waals surface area contributed by atoms with Gasteiger partial charge in [0.2, 0.25) is 0 Å². The molecular weight excluding hydrogens is 937 g/mol. The van der Waals surface area contributed by atoms with E-state index in [9.17, 15) is 14.4 Å². The maximum atomic E-state index is 12.9. The lowest BCUT2D eigenvalue weighted by Crippen LogP contribution is -2.30. The lowest BCUT2D eigenvalue weighted by molar-refractivity contribution is -0.167. The lowest BCUT2D eigenvalue weighted by Gasteiger charge is -2.18. The van der Waals surface area contributed by atoms with Crippen LogP contribution in [0.1, 0.15) is 284 Å². The number of carbonyl (C=O) groups excluding carboxylic acids is 3. The minimum absolute atomic E-state index is 0.0935. The average Bonchev–Trinajstić information content (AvgIpc) is 3.42. The summed E-state index contributed by atoms with van der Waals surface area (Å²) in [5, 5.41) is 0. The van der Waals surface area contributed by atoms with Crippen molar-refractivity contribution in [2.45, 2.75) is 290 Å². The second kappa shape index (κ2) is 63.3. The average molecular weight is 1050 g/mol. The fourth-order valence-electron chi connectivity index (χ4n) is 8.43. The van der Waals surface area contributed by atoms with E-state index in [1.807, 2.05) is 0 Å². The van der Waals surface area contributed by atoms with Crippen LogP contribution in [-0.2, 0) is 28.6 Å². The Kier molecular flexibility index (Phi) is 59.9. The number of carbonyl (C=O) groups is 3. The van der Waals surface area contributed by atoms with Crippen molar-refractivity contribution in [2.24, 2.45) is 0 Å². The van der Waals surface area contributed by atoms with Gasteiger partial charge in [0, 0.05) is 19.3 Å². The molecule has 1 unspecified atom stereocenters. The fourth-order valence-corrected chi connectivity index (χ4v) is 8.43. The van der Waals surface area contributed by atoms with E-state index in [0.717, 1.165) is 148 Å². The van der Waals surface area contributed by atoms with Gasteiger partial charge in [-0.2, -0.15) is 0 Å². The summed E-state index contributed by atoms with van der Waals surface area (Å²) in [5.74, 6) is -0.922.